The SMILES string of the molecule is Cc1ccc(NCC2CC2)cc1-n1cnnn1. The van der Waals surface area contributed by atoms with Gasteiger partial charge in [-0.05, 0) is 53.8 Å². The van der Waals surface area contributed by atoms with Crippen molar-refractivity contribution in [2.75, 3.05) is 11.9 Å². The van der Waals surface area contributed by atoms with Crippen LogP contribution >= 0.6 is 0 Å². The van der Waals surface area contributed by atoms with E-state index in [1.165, 1.54) is 12.8 Å². The summed E-state index contributed by atoms with van der Waals surface area (Å²) in [6.07, 6.45) is 4.34. The molecular formula is C12H15N5. The molecule has 88 valence electrons. The fraction of sp³-hybridized carbons (Fsp3) is 0.417. The minimum atomic E-state index is 0.868. The smallest absolute Gasteiger partial charge is 0.143 e. The predicted octanol–water partition coefficient (Wildman–Crippen LogP) is 1.79. The van der Waals surface area contributed by atoms with Gasteiger partial charge in [-0.2, -0.15) is 0 Å². The van der Waals surface area contributed by atoms with Gasteiger partial charge in [-0.15, -0.1) is 5.10 Å². The Morgan fingerprint density at radius 1 is 1.41 bits per heavy atom. The van der Waals surface area contributed by atoms with Crippen molar-refractivity contribution >= 4 is 5.69 Å². The fourth-order valence-electron chi connectivity index (χ4n) is 1.82. The molecule has 1 aromatic heterocycles. The summed E-state index contributed by atoms with van der Waals surface area (Å²) in [5, 5.41) is 14.7. The number of aryl methyl sites for hydroxylation is 1. The topological polar surface area (TPSA) is 55.6 Å². The quantitative estimate of drug-likeness (QED) is 0.868. The van der Waals surface area contributed by atoms with Gasteiger partial charge in [-0.3, -0.25) is 0 Å². The minimum absolute atomic E-state index is 0.868. The van der Waals surface area contributed by atoms with Gasteiger partial charge in [0, 0.05) is 12.2 Å². The summed E-state index contributed by atoms with van der Waals surface area (Å²) >= 11 is 0. The summed E-state index contributed by atoms with van der Waals surface area (Å²) < 4.78 is 1.69. The molecule has 0 bridgehead atoms. The zero-order valence-corrected chi connectivity index (χ0v) is 9.80. The van der Waals surface area contributed by atoms with Crippen molar-refractivity contribution in [3.63, 3.8) is 0 Å². The number of anilines is 1. The summed E-state index contributed by atoms with van der Waals surface area (Å²) in [4.78, 5) is 0. The standard InChI is InChI=1S/C12H15N5/c1-9-2-5-11(13-7-10-3-4-10)6-12(9)17-8-14-15-16-17/h2,5-6,8,10,13H,3-4,7H2,1H3. The Balaban J connectivity index is 1.83. The third kappa shape index (κ3) is 2.27. The molecule has 0 amide bonds. The average Bonchev–Trinajstić information content (AvgIpc) is 3.01. The van der Waals surface area contributed by atoms with E-state index >= 15 is 0 Å². The van der Waals surface area contributed by atoms with Crippen molar-refractivity contribution in [1.82, 2.24) is 20.2 Å². The van der Waals surface area contributed by atoms with E-state index in [4.69, 9.17) is 0 Å². The Hall–Kier alpha value is -1.91. The van der Waals surface area contributed by atoms with Gasteiger partial charge in [0.2, 0.25) is 0 Å². The summed E-state index contributed by atoms with van der Waals surface area (Å²) in [7, 11) is 0. The van der Waals surface area contributed by atoms with Crippen LogP contribution in [0.25, 0.3) is 5.69 Å². The lowest BCUT2D eigenvalue weighted by Crippen LogP contribution is -2.05. The Kier molecular flexibility index (Phi) is 2.51. The number of rotatable bonds is 4. The van der Waals surface area contributed by atoms with Gasteiger partial charge < -0.3 is 5.32 Å². The lowest BCUT2D eigenvalue weighted by molar-refractivity contribution is 0.785. The van der Waals surface area contributed by atoms with Crippen LogP contribution in [-0.4, -0.2) is 26.8 Å². The molecular weight excluding hydrogens is 214 g/mol. The number of nitrogens with one attached hydrogen (secondary N) is 1. The van der Waals surface area contributed by atoms with E-state index < -0.39 is 0 Å². The van der Waals surface area contributed by atoms with Crippen LogP contribution in [-0.2, 0) is 0 Å². The van der Waals surface area contributed by atoms with E-state index in [1.807, 2.05) is 0 Å². The first-order valence-electron chi connectivity index (χ1n) is 5.91. The number of hydrogen-bond donors (Lipinski definition) is 1. The average molecular weight is 229 g/mol. The second kappa shape index (κ2) is 4.16. The summed E-state index contributed by atoms with van der Waals surface area (Å²) in [5.74, 6) is 0.868. The zero-order valence-electron chi connectivity index (χ0n) is 9.80. The normalized spacial score (nSPS) is 14.9. The molecule has 0 atom stereocenters. The third-order valence-electron chi connectivity index (χ3n) is 3.10. The van der Waals surface area contributed by atoms with Crippen LogP contribution in [0, 0.1) is 12.8 Å². The largest absolute Gasteiger partial charge is 0.385 e. The van der Waals surface area contributed by atoms with Crippen molar-refractivity contribution in [3.8, 4) is 5.69 Å². The molecule has 0 unspecified atom stereocenters. The van der Waals surface area contributed by atoms with Crippen LogP contribution in [0.2, 0.25) is 0 Å². The summed E-state index contributed by atoms with van der Waals surface area (Å²) in [6, 6.07) is 6.28. The first kappa shape index (κ1) is 10.3. The van der Waals surface area contributed by atoms with Crippen molar-refractivity contribution in [2.24, 2.45) is 5.92 Å². The minimum Gasteiger partial charge on any atom is -0.385 e. The van der Waals surface area contributed by atoms with Crippen molar-refractivity contribution in [3.05, 3.63) is 30.1 Å². The van der Waals surface area contributed by atoms with Gasteiger partial charge in [-0.1, -0.05) is 6.07 Å². The van der Waals surface area contributed by atoms with Crippen LogP contribution < -0.4 is 5.32 Å². The molecule has 1 aliphatic rings. The van der Waals surface area contributed by atoms with Crippen LogP contribution in [0.1, 0.15) is 18.4 Å². The van der Waals surface area contributed by atoms with Gasteiger partial charge in [0.05, 0.1) is 5.69 Å². The van der Waals surface area contributed by atoms with E-state index in [1.54, 1.807) is 11.0 Å². The number of tetrazole rings is 1. The van der Waals surface area contributed by atoms with Crippen LogP contribution in [0.15, 0.2) is 24.5 Å². The lowest BCUT2D eigenvalue weighted by Gasteiger charge is -2.09. The maximum atomic E-state index is 3.92. The number of hydrogen-bond acceptors (Lipinski definition) is 4. The first-order chi connectivity index (χ1) is 8.33. The second-order valence-electron chi connectivity index (χ2n) is 4.58. The maximum Gasteiger partial charge on any atom is 0.143 e. The highest BCUT2D eigenvalue weighted by Gasteiger charge is 2.20. The number of nitrogens with zero attached hydrogens (tertiary/aromatic N) is 4. The van der Waals surface area contributed by atoms with Gasteiger partial charge >= 0.3 is 0 Å². The molecule has 5 heteroatoms. The maximum absolute atomic E-state index is 3.92. The van der Waals surface area contributed by atoms with E-state index in [0.717, 1.165) is 29.4 Å². The van der Waals surface area contributed by atoms with E-state index in [-0.39, 0.29) is 0 Å². The predicted molar refractivity (Wildman–Crippen MR) is 65.1 cm³/mol. The molecule has 1 aromatic carbocycles. The molecule has 17 heavy (non-hydrogen) atoms. The van der Waals surface area contributed by atoms with Crippen molar-refractivity contribution < 1.29 is 0 Å². The molecule has 1 saturated carbocycles. The van der Waals surface area contributed by atoms with Gasteiger partial charge in [0.1, 0.15) is 6.33 Å². The molecule has 1 heterocycles. The summed E-state index contributed by atoms with van der Waals surface area (Å²) in [6.45, 7) is 3.12. The summed E-state index contributed by atoms with van der Waals surface area (Å²) in [5.41, 5.74) is 3.32. The molecule has 1 fully saturated rings. The van der Waals surface area contributed by atoms with Crippen LogP contribution in [0.5, 0.6) is 0 Å². The Morgan fingerprint density at radius 2 is 2.29 bits per heavy atom. The van der Waals surface area contributed by atoms with E-state index in [2.05, 4.69) is 46.0 Å². The first-order valence-corrected chi connectivity index (χ1v) is 5.91. The number of benzene rings is 1. The van der Waals surface area contributed by atoms with Gasteiger partial charge in [0.15, 0.2) is 0 Å². The highest BCUT2D eigenvalue weighted by molar-refractivity contribution is 5.54. The molecule has 1 N–H and O–H groups in total. The third-order valence-corrected chi connectivity index (χ3v) is 3.10. The monoisotopic (exact) mass is 229 g/mol. The fourth-order valence-corrected chi connectivity index (χ4v) is 1.82. The molecule has 0 radical (unpaired) electrons. The molecule has 0 aliphatic heterocycles. The Bertz CT molecular complexity index is 502. The molecule has 2 aromatic rings. The molecule has 5 nitrogen and oxygen atoms in total. The Labute approximate surface area is 99.8 Å². The van der Waals surface area contributed by atoms with Gasteiger partial charge in [0.25, 0.3) is 0 Å². The Morgan fingerprint density at radius 3 is 3.00 bits per heavy atom. The van der Waals surface area contributed by atoms with Crippen molar-refractivity contribution in [1.29, 1.82) is 0 Å². The number of aromatic nitrogens is 4. The van der Waals surface area contributed by atoms with Crippen LogP contribution in [0.4, 0.5) is 5.69 Å². The highest BCUT2D eigenvalue weighted by Crippen LogP contribution is 2.29. The van der Waals surface area contributed by atoms with E-state index in [9.17, 15) is 0 Å². The molecule has 0 spiro atoms. The van der Waals surface area contributed by atoms with Crippen LogP contribution in [0.3, 0.4) is 0 Å². The van der Waals surface area contributed by atoms with Gasteiger partial charge in [-0.25, -0.2) is 4.68 Å². The molecule has 3 rings (SSSR count). The van der Waals surface area contributed by atoms with E-state index in [0.29, 0.717) is 0 Å². The highest BCUT2D eigenvalue weighted by atomic mass is 15.5. The second-order valence-corrected chi connectivity index (χ2v) is 4.58. The lowest BCUT2D eigenvalue weighted by atomic mass is 10.2. The van der Waals surface area contributed by atoms with Crippen molar-refractivity contribution in [2.45, 2.75) is 19.8 Å². The zero-order chi connectivity index (χ0) is 11.7. The molecule has 0 saturated heterocycles. The molecule has 1 aliphatic carbocycles.